The van der Waals surface area contributed by atoms with E-state index in [0.717, 1.165) is 13.1 Å². The van der Waals surface area contributed by atoms with Crippen LogP contribution in [0, 0.1) is 0 Å². The SMILES string of the molecule is COc1cc(N)c(Cl)cc1C(=O)NCC1CN(C)CCO1. The number of carbonyl (C=O) groups excluding carboxylic acids is 1. The number of benzene rings is 1. The van der Waals surface area contributed by atoms with Crippen LogP contribution in [0.25, 0.3) is 0 Å². The van der Waals surface area contributed by atoms with E-state index in [1.807, 2.05) is 7.05 Å². The van der Waals surface area contributed by atoms with Crippen molar-refractivity contribution >= 4 is 23.2 Å². The molecule has 0 bridgehead atoms. The number of hydrogen-bond donors (Lipinski definition) is 2. The molecule has 1 heterocycles. The second-order valence-corrected chi connectivity index (χ2v) is 5.45. The van der Waals surface area contributed by atoms with Crippen molar-refractivity contribution in [1.29, 1.82) is 0 Å². The molecule has 6 nitrogen and oxygen atoms in total. The van der Waals surface area contributed by atoms with Crippen LogP contribution >= 0.6 is 11.6 Å². The van der Waals surface area contributed by atoms with Crippen molar-refractivity contribution in [3.63, 3.8) is 0 Å². The van der Waals surface area contributed by atoms with E-state index in [1.165, 1.54) is 13.2 Å². The predicted molar refractivity (Wildman–Crippen MR) is 82.0 cm³/mol. The van der Waals surface area contributed by atoms with Crippen molar-refractivity contribution in [2.45, 2.75) is 6.10 Å². The fourth-order valence-corrected chi connectivity index (χ4v) is 2.37. The Hall–Kier alpha value is -1.50. The summed E-state index contributed by atoms with van der Waals surface area (Å²) in [7, 11) is 3.51. The zero-order chi connectivity index (χ0) is 15.4. The average molecular weight is 314 g/mol. The maximum atomic E-state index is 12.3. The van der Waals surface area contributed by atoms with Crippen molar-refractivity contribution in [2.75, 3.05) is 46.1 Å². The largest absolute Gasteiger partial charge is 0.496 e. The molecule has 3 N–H and O–H groups in total. The number of ether oxygens (including phenoxy) is 2. The second kappa shape index (κ2) is 6.98. The number of anilines is 1. The Bertz CT molecular complexity index is 524. The van der Waals surface area contributed by atoms with Gasteiger partial charge in [-0.2, -0.15) is 0 Å². The summed E-state index contributed by atoms with van der Waals surface area (Å²) in [5.74, 6) is 0.140. The summed E-state index contributed by atoms with van der Waals surface area (Å²) >= 11 is 5.96. The topological polar surface area (TPSA) is 76.8 Å². The summed E-state index contributed by atoms with van der Waals surface area (Å²) in [6.45, 7) is 2.81. The summed E-state index contributed by atoms with van der Waals surface area (Å²) < 4.78 is 10.8. The standard InChI is InChI=1S/C14H20ClN3O3/c1-18-3-4-21-9(8-18)7-17-14(19)10-5-11(15)12(16)6-13(10)20-2/h5-6,9H,3-4,7-8,16H2,1-2H3,(H,17,19). The van der Waals surface area contributed by atoms with E-state index in [2.05, 4.69) is 10.2 Å². The lowest BCUT2D eigenvalue weighted by Crippen LogP contribution is -2.45. The van der Waals surface area contributed by atoms with Crippen LogP contribution in [0.3, 0.4) is 0 Å². The van der Waals surface area contributed by atoms with Gasteiger partial charge in [0.2, 0.25) is 0 Å². The Morgan fingerprint density at radius 2 is 2.38 bits per heavy atom. The zero-order valence-electron chi connectivity index (χ0n) is 12.2. The number of amides is 1. The normalized spacial score (nSPS) is 19.3. The number of nitrogens with one attached hydrogen (secondary N) is 1. The summed E-state index contributed by atoms with van der Waals surface area (Å²) in [5.41, 5.74) is 6.44. The maximum Gasteiger partial charge on any atom is 0.255 e. The molecule has 1 aromatic rings. The molecule has 2 rings (SSSR count). The number of likely N-dealkylation sites (N-methyl/N-ethyl adjacent to an activating group) is 1. The Morgan fingerprint density at radius 3 is 3.05 bits per heavy atom. The molecule has 21 heavy (non-hydrogen) atoms. The lowest BCUT2D eigenvalue weighted by molar-refractivity contribution is -0.0175. The summed E-state index contributed by atoms with van der Waals surface area (Å²) in [6.07, 6.45) is -0.0112. The third-order valence-corrected chi connectivity index (χ3v) is 3.72. The molecular weight excluding hydrogens is 294 g/mol. The number of methoxy groups -OCH3 is 1. The third-order valence-electron chi connectivity index (χ3n) is 3.40. The molecule has 0 spiro atoms. The van der Waals surface area contributed by atoms with Gasteiger partial charge < -0.3 is 25.4 Å². The van der Waals surface area contributed by atoms with Crippen LogP contribution < -0.4 is 15.8 Å². The monoisotopic (exact) mass is 313 g/mol. The first-order valence-electron chi connectivity index (χ1n) is 6.72. The Kier molecular flexibility index (Phi) is 5.27. The first-order valence-corrected chi connectivity index (χ1v) is 7.10. The summed E-state index contributed by atoms with van der Waals surface area (Å²) in [4.78, 5) is 14.4. The van der Waals surface area contributed by atoms with Gasteiger partial charge in [-0.25, -0.2) is 0 Å². The van der Waals surface area contributed by atoms with E-state index in [-0.39, 0.29) is 12.0 Å². The zero-order valence-corrected chi connectivity index (χ0v) is 12.9. The molecule has 1 atom stereocenters. The number of morpholine rings is 1. The molecule has 0 aromatic heterocycles. The lowest BCUT2D eigenvalue weighted by atomic mass is 10.1. The van der Waals surface area contributed by atoms with Crippen LogP contribution in [0.15, 0.2) is 12.1 Å². The van der Waals surface area contributed by atoms with Crippen LogP contribution in [0.5, 0.6) is 5.75 Å². The Morgan fingerprint density at radius 1 is 1.62 bits per heavy atom. The molecule has 1 amide bonds. The van der Waals surface area contributed by atoms with Gasteiger partial charge in [-0.3, -0.25) is 4.79 Å². The fraction of sp³-hybridized carbons (Fsp3) is 0.500. The average Bonchev–Trinajstić information content (AvgIpc) is 2.47. The van der Waals surface area contributed by atoms with Gasteiger partial charge in [-0.05, 0) is 13.1 Å². The smallest absolute Gasteiger partial charge is 0.255 e. The number of hydrogen-bond acceptors (Lipinski definition) is 5. The fourth-order valence-electron chi connectivity index (χ4n) is 2.21. The second-order valence-electron chi connectivity index (χ2n) is 5.04. The van der Waals surface area contributed by atoms with Gasteiger partial charge in [-0.1, -0.05) is 11.6 Å². The van der Waals surface area contributed by atoms with Gasteiger partial charge in [0.1, 0.15) is 5.75 Å². The van der Waals surface area contributed by atoms with Gasteiger partial charge in [0, 0.05) is 25.7 Å². The van der Waals surface area contributed by atoms with Crippen molar-refractivity contribution in [2.24, 2.45) is 0 Å². The summed E-state index contributed by atoms with van der Waals surface area (Å²) in [6, 6.07) is 3.06. The molecule has 116 valence electrons. The lowest BCUT2D eigenvalue weighted by Gasteiger charge is -2.30. The van der Waals surface area contributed by atoms with E-state index in [9.17, 15) is 4.79 Å². The van der Waals surface area contributed by atoms with Crippen molar-refractivity contribution in [3.05, 3.63) is 22.7 Å². The van der Waals surface area contributed by atoms with Crippen molar-refractivity contribution < 1.29 is 14.3 Å². The van der Waals surface area contributed by atoms with Gasteiger partial charge in [0.25, 0.3) is 5.91 Å². The first kappa shape index (κ1) is 15.9. The molecule has 0 aliphatic carbocycles. The predicted octanol–water partition coefficient (Wildman–Crippen LogP) is 0.991. The number of nitrogens with two attached hydrogens (primary N) is 1. The molecule has 1 unspecified atom stereocenters. The van der Waals surface area contributed by atoms with Gasteiger partial charge in [-0.15, -0.1) is 0 Å². The highest BCUT2D eigenvalue weighted by Crippen LogP contribution is 2.28. The van der Waals surface area contributed by atoms with Gasteiger partial charge in [0.05, 0.1) is 36.1 Å². The molecule has 1 aromatic carbocycles. The quantitative estimate of drug-likeness (QED) is 0.811. The molecule has 7 heteroatoms. The van der Waals surface area contributed by atoms with Crippen LogP contribution in [-0.2, 0) is 4.74 Å². The highest BCUT2D eigenvalue weighted by molar-refractivity contribution is 6.33. The number of carbonyl (C=O) groups is 1. The molecular formula is C14H20ClN3O3. The van der Waals surface area contributed by atoms with E-state index in [1.54, 1.807) is 6.07 Å². The highest BCUT2D eigenvalue weighted by Gasteiger charge is 2.20. The van der Waals surface area contributed by atoms with Crippen molar-refractivity contribution in [3.8, 4) is 5.75 Å². The minimum Gasteiger partial charge on any atom is -0.496 e. The number of rotatable bonds is 4. The van der Waals surface area contributed by atoms with Gasteiger partial charge >= 0.3 is 0 Å². The molecule has 1 aliphatic heterocycles. The van der Waals surface area contributed by atoms with E-state index in [0.29, 0.717) is 35.2 Å². The van der Waals surface area contributed by atoms with E-state index in [4.69, 9.17) is 26.8 Å². The molecule has 1 aliphatic rings. The van der Waals surface area contributed by atoms with E-state index < -0.39 is 0 Å². The first-order chi connectivity index (χ1) is 10.0. The summed E-state index contributed by atoms with van der Waals surface area (Å²) in [5, 5.41) is 3.17. The number of nitrogen functional groups attached to an aromatic ring is 1. The van der Waals surface area contributed by atoms with E-state index >= 15 is 0 Å². The Balaban J connectivity index is 2.01. The highest BCUT2D eigenvalue weighted by atomic mass is 35.5. The third kappa shape index (κ3) is 4.00. The van der Waals surface area contributed by atoms with Crippen LogP contribution in [0.2, 0.25) is 5.02 Å². The van der Waals surface area contributed by atoms with Crippen LogP contribution in [-0.4, -0.2) is 57.3 Å². The van der Waals surface area contributed by atoms with Crippen molar-refractivity contribution in [1.82, 2.24) is 10.2 Å². The minimum absolute atomic E-state index is 0.0112. The molecule has 1 saturated heterocycles. The number of nitrogens with zero attached hydrogens (tertiary/aromatic N) is 1. The van der Waals surface area contributed by atoms with Crippen LogP contribution in [0.4, 0.5) is 5.69 Å². The van der Waals surface area contributed by atoms with Gasteiger partial charge in [0.15, 0.2) is 0 Å². The molecule has 1 fully saturated rings. The maximum absolute atomic E-state index is 12.3. The Labute approximate surface area is 129 Å². The minimum atomic E-state index is -0.259. The molecule has 0 radical (unpaired) electrons. The molecule has 0 saturated carbocycles. The van der Waals surface area contributed by atoms with Crippen LogP contribution in [0.1, 0.15) is 10.4 Å². The number of halogens is 1.